The van der Waals surface area contributed by atoms with Gasteiger partial charge in [-0.15, -0.1) is 0 Å². The van der Waals surface area contributed by atoms with Gasteiger partial charge in [-0.05, 0) is 39.8 Å². The molecule has 0 aromatic heterocycles. The fourth-order valence-corrected chi connectivity index (χ4v) is 2.81. The summed E-state index contributed by atoms with van der Waals surface area (Å²) >= 11 is 3.31. The molecule has 0 aliphatic rings. The Bertz CT molecular complexity index is 520. The van der Waals surface area contributed by atoms with E-state index in [0.717, 1.165) is 6.42 Å². The number of carbonyl (C=O) groups excluding carboxylic acids is 2. The van der Waals surface area contributed by atoms with E-state index in [-0.39, 0.29) is 30.5 Å². The van der Waals surface area contributed by atoms with Crippen LogP contribution in [-0.4, -0.2) is 30.2 Å². The van der Waals surface area contributed by atoms with Crippen molar-refractivity contribution in [3.63, 3.8) is 0 Å². The summed E-state index contributed by atoms with van der Waals surface area (Å²) in [5, 5.41) is 12.4. The SMILES string of the molecule is CB(O)[C@@H](CC(=O)CNC(=O)c1ccccc1Br)CC(C)C. The Morgan fingerprint density at radius 1 is 1.32 bits per heavy atom. The van der Waals surface area contributed by atoms with E-state index in [1.165, 1.54) is 0 Å². The average molecular weight is 368 g/mol. The maximum absolute atomic E-state index is 12.0. The van der Waals surface area contributed by atoms with Gasteiger partial charge in [0.25, 0.3) is 12.8 Å². The molecule has 0 aliphatic heterocycles. The van der Waals surface area contributed by atoms with Crippen molar-refractivity contribution < 1.29 is 14.6 Å². The molecule has 22 heavy (non-hydrogen) atoms. The molecule has 0 aliphatic carbocycles. The number of Topliss-reactive ketones (excluding diaryl/α,β-unsaturated/α-hetero) is 1. The number of benzene rings is 1. The van der Waals surface area contributed by atoms with Crippen molar-refractivity contribution >= 4 is 34.5 Å². The van der Waals surface area contributed by atoms with E-state index in [1.807, 2.05) is 6.07 Å². The van der Waals surface area contributed by atoms with E-state index in [1.54, 1.807) is 25.0 Å². The first-order chi connectivity index (χ1) is 10.3. The Labute approximate surface area is 140 Å². The van der Waals surface area contributed by atoms with Gasteiger partial charge in [0.2, 0.25) is 0 Å². The van der Waals surface area contributed by atoms with Crippen LogP contribution in [0.3, 0.4) is 0 Å². The Balaban J connectivity index is 2.51. The summed E-state index contributed by atoms with van der Waals surface area (Å²) in [5.41, 5.74) is 0.504. The summed E-state index contributed by atoms with van der Waals surface area (Å²) in [6.07, 6.45) is 1.08. The number of rotatable bonds is 8. The van der Waals surface area contributed by atoms with Gasteiger partial charge in [0.1, 0.15) is 0 Å². The lowest BCUT2D eigenvalue weighted by Gasteiger charge is -2.19. The second-order valence-electron chi connectivity index (χ2n) is 6.04. The van der Waals surface area contributed by atoms with Crippen LogP contribution in [0.2, 0.25) is 12.6 Å². The summed E-state index contributed by atoms with van der Waals surface area (Å²) in [4.78, 5) is 24.0. The average Bonchev–Trinajstić information content (AvgIpc) is 2.44. The standard InChI is InChI=1S/C16H23BBrNO3/c1-11(2)8-12(17(3)22)9-13(20)10-19-16(21)14-6-4-5-7-15(14)18/h4-7,11-12,22H,8-10H2,1-3H3,(H,19,21)/t12-/m1/s1. The van der Waals surface area contributed by atoms with Crippen LogP contribution >= 0.6 is 15.9 Å². The lowest BCUT2D eigenvalue weighted by atomic mass is 9.55. The number of ketones is 1. The number of carbonyl (C=O) groups is 2. The smallest absolute Gasteiger partial charge is 0.289 e. The predicted molar refractivity (Wildman–Crippen MR) is 93.1 cm³/mol. The number of hydrogen-bond acceptors (Lipinski definition) is 3. The third-order valence-corrected chi connectivity index (χ3v) is 4.20. The van der Waals surface area contributed by atoms with Crippen molar-refractivity contribution in [3.8, 4) is 0 Å². The molecule has 1 atom stereocenters. The largest absolute Gasteiger partial charge is 0.450 e. The molecule has 0 radical (unpaired) electrons. The molecule has 0 heterocycles. The van der Waals surface area contributed by atoms with E-state index in [9.17, 15) is 14.6 Å². The van der Waals surface area contributed by atoms with Crippen LogP contribution in [-0.2, 0) is 4.79 Å². The van der Waals surface area contributed by atoms with Crippen LogP contribution in [0.25, 0.3) is 0 Å². The molecule has 6 heteroatoms. The lowest BCUT2D eigenvalue weighted by Crippen LogP contribution is -2.31. The maximum atomic E-state index is 12.0. The summed E-state index contributed by atoms with van der Waals surface area (Å²) in [6.45, 7) is 5.30. The summed E-state index contributed by atoms with van der Waals surface area (Å²) in [5.74, 6) is 0.0142. The molecule has 120 valence electrons. The topological polar surface area (TPSA) is 66.4 Å². The van der Waals surface area contributed by atoms with Crippen LogP contribution in [0, 0.1) is 5.92 Å². The third-order valence-electron chi connectivity index (χ3n) is 3.51. The molecule has 0 bridgehead atoms. The van der Waals surface area contributed by atoms with Crippen LogP contribution in [0.5, 0.6) is 0 Å². The zero-order chi connectivity index (χ0) is 16.7. The van der Waals surface area contributed by atoms with Gasteiger partial charge in [0, 0.05) is 10.9 Å². The zero-order valence-electron chi connectivity index (χ0n) is 13.3. The molecule has 4 nitrogen and oxygen atoms in total. The fraction of sp³-hybridized carbons (Fsp3) is 0.500. The van der Waals surface area contributed by atoms with Gasteiger partial charge in [-0.25, -0.2) is 0 Å². The summed E-state index contributed by atoms with van der Waals surface area (Å²) < 4.78 is 0.696. The predicted octanol–water partition coefficient (Wildman–Crippen LogP) is 3.17. The van der Waals surface area contributed by atoms with Gasteiger partial charge < -0.3 is 10.3 Å². The molecule has 0 unspecified atom stereocenters. The summed E-state index contributed by atoms with van der Waals surface area (Å²) in [7, 11) is 0. The zero-order valence-corrected chi connectivity index (χ0v) is 14.9. The van der Waals surface area contributed by atoms with E-state index in [0.29, 0.717) is 16.0 Å². The van der Waals surface area contributed by atoms with Gasteiger partial charge in [0.05, 0.1) is 12.1 Å². The van der Waals surface area contributed by atoms with Gasteiger partial charge in [0.15, 0.2) is 5.78 Å². The Morgan fingerprint density at radius 3 is 2.50 bits per heavy atom. The maximum Gasteiger partial charge on any atom is 0.289 e. The molecule has 1 aromatic carbocycles. The van der Waals surface area contributed by atoms with Crippen molar-refractivity contribution in [1.82, 2.24) is 5.32 Å². The van der Waals surface area contributed by atoms with Crippen LogP contribution < -0.4 is 5.32 Å². The van der Waals surface area contributed by atoms with Crippen LogP contribution in [0.1, 0.15) is 37.0 Å². The molecular weight excluding hydrogens is 345 g/mol. The normalized spacial score (nSPS) is 12.1. The van der Waals surface area contributed by atoms with E-state index >= 15 is 0 Å². The number of halogens is 1. The highest BCUT2D eigenvalue weighted by molar-refractivity contribution is 9.10. The van der Waals surface area contributed by atoms with Crippen molar-refractivity contribution in [2.45, 2.75) is 39.3 Å². The highest BCUT2D eigenvalue weighted by atomic mass is 79.9. The molecule has 0 spiro atoms. The lowest BCUT2D eigenvalue weighted by molar-refractivity contribution is -0.118. The monoisotopic (exact) mass is 367 g/mol. The highest BCUT2D eigenvalue weighted by Gasteiger charge is 2.23. The Morgan fingerprint density at radius 2 is 1.95 bits per heavy atom. The minimum Gasteiger partial charge on any atom is -0.450 e. The van der Waals surface area contributed by atoms with Crippen molar-refractivity contribution in [3.05, 3.63) is 34.3 Å². The van der Waals surface area contributed by atoms with E-state index in [2.05, 4.69) is 35.1 Å². The molecule has 1 rings (SSSR count). The van der Waals surface area contributed by atoms with Crippen molar-refractivity contribution in [2.24, 2.45) is 5.92 Å². The first-order valence-electron chi connectivity index (χ1n) is 7.53. The quantitative estimate of drug-likeness (QED) is 0.693. The van der Waals surface area contributed by atoms with Crippen LogP contribution in [0.4, 0.5) is 0 Å². The molecule has 2 N–H and O–H groups in total. The molecule has 1 aromatic rings. The van der Waals surface area contributed by atoms with Gasteiger partial charge in [-0.1, -0.05) is 39.2 Å². The minimum absolute atomic E-state index is 0.0124. The Kier molecular flexibility index (Phi) is 7.83. The molecule has 0 fully saturated rings. The molecule has 0 saturated heterocycles. The van der Waals surface area contributed by atoms with E-state index in [4.69, 9.17) is 0 Å². The Hall–Kier alpha value is -1.14. The number of nitrogens with one attached hydrogen (secondary N) is 1. The first kappa shape index (κ1) is 18.9. The van der Waals surface area contributed by atoms with Crippen molar-refractivity contribution in [2.75, 3.05) is 6.54 Å². The number of hydrogen-bond donors (Lipinski definition) is 2. The molecule has 0 saturated carbocycles. The minimum atomic E-state index is -0.523. The van der Waals surface area contributed by atoms with Crippen molar-refractivity contribution in [1.29, 1.82) is 0 Å². The first-order valence-corrected chi connectivity index (χ1v) is 8.33. The van der Waals surface area contributed by atoms with Crippen LogP contribution in [0.15, 0.2) is 28.7 Å². The molecule has 1 amide bonds. The number of amides is 1. The second-order valence-corrected chi connectivity index (χ2v) is 6.89. The van der Waals surface area contributed by atoms with Gasteiger partial charge in [-0.2, -0.15) is 0 Å². The highest BCUT2D eigenvalue weighted by Crippen LogP contribution is 2.24. The molecular formula is C16H23BBrNO3. The van der Waals surface area contributed by atoms with Gasteiger partial charge in [-0.3, -0.25) is 9.59 Å². The van der Waals surface area contributed by atoms with Gasteiger partial charge >= 0.3 is 0 Å². The van der Waals surface area contributed by atoms with E-state index < -0.39 is 6.92 Å². The summed E-state index contributed by atoms with van der Waals surface area (Å²) in [6, 6.07) is 7.07. The second kappa shape index (κ2) is 9.11. The fourth-order valence-electron chi connectivity index (χ4n) is 2.34. The third kappa shape index (κ3) is 6.32.